The second-order valence-electron chi connectivity index (χ2n) is 7.96. The van der Waals surface area contributed by atoms with Crippen molar-refractivity contribution in [3.8, 4) is 23.1 Å². The molecule has 0 aliphatic heterocycles. The minimum absolute atomic E-state index is 0.239. The summed E-state index contributed by atoms with van der Waals surface area (Å²) in [6.07, 6.45) is 0.534. The molecule has 1 N–H and O–H groups in total. The van der Waals surface area contributed by atoms with Crippen LogP contribution in [0.25, 0.3) is 33.5 Å². The maximum atomic E-state index is 13.4. The van der Waals surface area contributed by atoms with Crippen molar-refractivity contribution < 1.29 is 23.8 Å². The third-order valence-corrected chi connectivity index (χ3v) is 5.58. The summed E-state index contributed by atoms with van der Waals surface area (Å²) < 4.78 is 18.0. The molecule has 0 saturated heterocycles. The van der Waals surface area contributed by atoms with Gasteiger partial charge in [-0.3, -0.25) is 4.79 Å². The summed E-state index contributed by atoms with van der Waals surface area (Å²) in [5.74, 6) is 0.590. The lowest BCUT2D eigenvalue weighted by molar-refractivity contribution is -0.144. The van der Waals surface area contributed by atoms with Crippen molar-refractivity contribution in [1.29, 1.82) is 0 Å². The van der Waals surface area contributed by atoms with Gasteiger partial charge in [-0.25, -0.2) is 9.78 Å². The van der Waals surface area contributed by atoms with E-state index in [0.29, 0.717) is 39.3 Å². The Labute approximate surface area is 204 Å². The van der Waals surface area contributed by atoms with Crippen molar-refractivity contribution in [2.45, 2.75) is 13.0 Å². The molecule has 1 atom stereocenters. The maximum absolute atomic E-state index is 13.4. The Morgan fingerprint density at radius 3 is 2.61 bits per heavy atom. The van der Waals surface area contributed by atoms with Crippen LogP contribution in [-0.2, 0) is 4.79 Å². The van der Waals surface area contributed by atoms with Gasteiger partial charge in [-0.05, 0) is 67.1 Å². The standard InChI is InChI=1S/C27H21N3O6/c1-16(27(32)33)35-18-12-10-17(11-13-18)15-28-30-25(29-21-7-4-3-6-19(21)26(30)31)24-14-20-22(34-2)8-5-9-23(20)36-24/h3-16H,1-2H3,(H,32,33)/t16-/m0/s1. The van der Waals surface area contributed by atoms with Gasteiger partial charge < -0.3 is 19.0 Å². The number of ether oxygens (including phenoxy) is 2. The molecule has 0 fully saturated rings. The van der Waals surface area contributed by atoms with Gasteiger partial charge in [-0.1, -0.05) is 18.2 Å². The largest absolute Gasteiger partial charge is 0.496 e. The van der Waals surface area contributed by atoms with Gasteiger partial charge in [-0.2, -0.15) is 9.78 Å². The number of aliphatic carboxylic acids is 1. The Morgan fingerprint density at radius 1 is 1.08 bits per heavy atom. The van der Waals surface area contributed by atoms with Crippen LogP contribution in [0.5, 0.6) is 11.5 Å². The molecule has 180 valence electrons. The highest BCUT2D eigenvalue weighted by atomic mass is 16.5. The van der Waals surface area contributed by atoms with Crippen LogP contribution in [0.4, 0.5) is 0 Å². The van der Waals surface area contributed by atoms with E-state index in [-0.39, 0.29) is 11.4 Å². The maximum Gasteiger partial charge on any atom is 0.344 e. The molecule has 0 bridgehead atoms. The number of benzene rings is 3. The number of nitrogens with zero attached hydrogens (tertiary/aromatic N) is 3. The van der Waals surface area contributed by atoms with Crippen molar-refractivity contribution >= 4 is 34.1 Å². The Morgan fingerprint density at radius 2 is 1.86 bits per heavy atom. The van der Waals surface area contributed by atoms with Crippen molar-refractivity contribution in [2.24, 2.45) is 5.10 Å². The van der Waals surface area contributed by atoms with Crippen LogP contribution >= 0.6 is 0 Å². The SMILES string of the molecule is COc1cccc2oc(-c3nc4ccccc4c(=O)n3N=Cc3ccc(O[C@@H](C)C(=O)O)cc3)cc12. The quantitative estimate of drug-likeness (QED) is 0.338. The minimum atomic E-state index is -1.06. The van der Waals surface area contributed by atoms with Crippen LogP contribution < -0.4 is 15.0 Å². The van der Waals surface area contributed by atoms with Gasteiger partial charge in [0, 0.05) is 0 Å². The van der Waals surface area contributed by atoms with Crippen molar-refractivity contribution in [3.05, 3.63) is 88.7 Å². The lowest BCUT2D eigenvalue weighted by Gasteiger charge is -2.10. The van der Waals surface area contributed by atoms with Crippen molar-refractivity contribution in [2.75, 3.05) is 7.11 Å². The van der Waals surface area contributed by atoms with Gasteiger partial charge in [0.15, 0.2) is 11.9 Å². The predicted octanol–water partition coefficient (Wildman–Crippen LogP) is 4.55. The fourth-order valence-corrected chi connectivity index (χ4v) is 3.72. The molecule has 9 nitrogen and oxygen atoms in total. The zero-order chi connectivity index (χ0) is 25.2. The number of fused-ring (bicyclic) bond motifs is 2. The average molecular weight is 483 g/mol. The van der Waals surface area contributed by atoms with E-state index in [4.69, 9.17) is 19.0 Å². The van der Waals surface area contributed by atoms with E-state index < -0.39 is 12.1 Å². The summed E-state index contributed by atoms with van der Waals surface area (Å²) in [6, 6.07) is 20.9. The Balaban J connectivity index is 1.58. The van der Waals surface area contributed by atoms with E-state index in [9.17, 15) is 9.59 Å². The molecule has 0 radical (unpaired) electrons. The Kier molecular flexibility index (Phi) is 5.95. The van der Waals surface area contributed by atoms with Gasteiger partial charge in [0.25, 0.3) is 5.56 Å². The molecule has 0 spiro atoms. The van der Waals surface area contributed by atoms with Crippen LogP contribution in [0.1, 0.15) is 12.5 Å². The first-order chi connectivity index (χ1) is 17.4. The number of hydrogen-bond acceptors (Lipinski definition) is 7. The number of carbonyl (C=O) groups is 1. The molecule has 2 heterocycles. The third-order valence-electron chi connectivity index (χ3n) is 5.58. The number of hydrogen-bond donors (Lipinski definition) is 1. The Hall–Kier alpha value is -4.92. The molecular weight excluding hydrogens is 462 g/mol. The monoisotopic (exact) mass is 483 g/mol. The Bertz CT molecular complexity index is 1670. The second kappa shape index (κ2) is 9.38. The number of aromatic nitrogens is 2. The number of methoxy groups -OCH3 is 1. The molecule has 0 unspecified atom stereocenters. The number of carboxylic acid groups (broad SMARTS) is 1. The summed E-state index contributed by atoms with van der Waals surface area (Å²) in [7, 11) is 1.58. The minimum Gasteiger partial charge on any atom is -0.496 e. The van der Waals surface area contributed by atoms with E-state index in [1.165, 1.54) is 17.8 Å². The molecule has 0 aliphatic rings. The summed E-state index contributed by atoms with van der Waals surface area (Å²) in [4.78, 5) is 29.1. The molecule has 5 rings (SSSR count). The van der Waals surface area contributed by atoms with Crippen molar-refractivity contribution in [1.82, 2.24) is 9.66 Å². The zero-order valence-corrected chi connectivity index (χ0v) is 19.4. The molecular formula is C27H21N3O6. The van der Waals surface area contributed by atoms with E-state index >= 15 is 0 Å². The molecule has 0 amide bonds. The first kappa shape index (κ1) is 22.9. The molecule has 0 aliphatic carbocycles. The molecule has 0 saturated carbocycles. The smallest absolute Gasteiger partial charge is 0.344 e. The average Bonchev–Trinajstić information content (AvgIpc) is 3.33. The molecule has 5 aromatic rings. The number of rotatable bonds is 7. The van der Waals surface area contributed by atoms with E-state index in [1.807, 2.05) is 24.3 Å². The number of carboxylic acids is 1. The highest BCUT2D eigenvalue weighted by molar-refractivity contribution is 5.88. The lowest BCUT2D eigenvalue weighted by atomic mass is 10.2. The highest BCUT2D eigenvalue weighted by Gasteiger charge is 2.18. The van der Waals surface area contributed by atoms with Crippen LogP contribution in [0, 0.1) is 0 Å². The van der Waals surface area contributed by atoms with Crippen LogP contribution in [-0.4, -0.2) is 40.2 Å². The van der Waals surface area contributed by atoms with Gasteiger partial charge in [-0.15, -0.1) is 0 Å². The summed E-state index contributed by atoms with van der Waals surface area (Å²) in [5.41, 5.74) is 1.43. The molecule has 9 heteroatoms. The van der Waals surface area contributed by atoms with Crippen LogP contribution in [0.15, 0.2) is 87.1 Å². The summed E-state index contributed by atoms with van der Waals surface area (Å²) in [5, 5.41) is 14.6. The second-order valence-corrected chi connectivity index (χ2v) is 7.96. The van der Waals surface area contributed by atoms with Crippen LogP contribution in [0.3, 0.4) is 0 Å². The fraction of sp³-hybridized carbons (Fsp3) is 0.111. The molecule has 36 heavy (non-hydrogen) atoms. The van der Waals surface area contributed by atoms with E-state index in [1.54, 1.807) is 55.6 Å². The summed E-state index contributed by atoms with van der Waals surface area (Å²) >= 11 is 0. The zero-order valence-electron chi connectivity index (χ0n) is 19.4. The van der Waals surface area contributed by atoms with Crippen molar-refractivity contribution in [3.63, 3.8) is 0 Å². The summed E-state index contributed by atoms with van der Waals surface area (Å²) in [6.45, 7) is 1.45. The first-order valence-electron chi connectivity index (χ1n) is 11.1. The number of para-hydroxylation sites is 1. The molecule has 3 aromatic carbocycles. The van der Waals surface area contributed by atoms with Gasteiger partial charge >= 0.3 is 5.97 Å². The molecule has 2 aromatic heterocycles. The predicted molar refractivity (Wildman–Crippen MR) is 135 cm³/mol. The number of furan rings is 1. The lowest BCUT2D eigenvalue weighted by Crippen LogP contribution is -2.22. The highest BCUT2D eigenvalue weighted by Crippen LogP contribution is 2.32. The fourth-order valence-electron chi connectivity index (χ4n) is 3.72. The van der Waals surface area contributed by atoms with Gasteiger partial charge in [0.05, 0.1) is 29.6 Å². The van der Waals surface area contributed by atoms with E-state index in [0.717, 1.165) is 5.39 Å². The normalized spacial score (nSPS) is 12.3. The van der Waals surface area contributed by atoms with Crippen LogP contribution in [0.2, 0.25) is 0 Å². The van der Waals surface area contributed by atoms with Gasteiger partial charge in [0.2, 0.25) is 5.82 Å². The topological polar surface area (TPSA) is 116 Å². The van der Waals surface area contributed by atoms with Gasteiger partial charge in [0.1, 0.15) is 17.1 Å². The van der Waals surface area contributed by atoms with E-state index in [2.05, 4.69) is 10.1 Å². The third kappa shape index (κ3) is 4.29. The first-order valence-corrected chi connectivity index (χ1v) is 11.1.